The predicted octanol–water partition coefficient (Wildman–Crippen LogP) is 4.93. The van der Waals surface area contributed by atoms with E-state index in [1.54, 1.807) is 24.3 Å². The highest BCUT2D eigenvalue weighted by molar-refractivity contribution is 9.10. The lowest BCUT2D eigenvalue weighted by atomic mass is 10.2. The van der Waals surface area contributed by atoms with Crippen molar-refractivity contribution in [2.45, 2.75) is 0 Å². The Kier molecular flexibility index (Phi) is 3.70. The third-order valence-electron chi connectivity index (χ3n) is 3.44. The van der Waals surface area contributed by atoms with Gasteiger partial charge >= 0.3 is 5.63 Å². The second-order valence-electron chi connectivity index (χ2n) is 5.05. The maximum Gasteiger partial charge on any atom is 0.349 e. The number of hydrogen-bond acceptors (Lipinski definition) is 5. The molecule has 0 aliphatic carbocycles. The summed E-state index contributed by atoms with van der Waals surface area (Å²) < 4.78 is 11.9. The largest absolute Gasteiger partial charge is 0.422 e. The van der Waals surface area contributed by atoms with E-state index in [0.717, 1.165) is 10.0 Å². The van der Waals surface area contributed by atoms with E-state index in [-0.39, 0.29) is 11.5 Å². The minimum atomic E-state index is -0.546. The van der Waals surface area contributed by atoms with Gasteiger partial charge in [0.1, 0.15) is 11.1 Å². The predicted molar refractivity (Wildman–Crippen MR) is 93.9 cm³/mol. The molecule has 0 N–H and O–H groups in total. The Hall–Kier alpha value is -2.44. The molecule has 4 rings (SSSR count). The van der Waals surface area contributed by atoms with Crippen molar-refractivity contribution < 1.29 is 8.83 Å². The zero-order chi connectivity index (χ0) is 16.7. The third-order valence-corrected chi connectivity index (χ3v) is 4.20. The van der Waals surface area contributed by atoms with E-state index in [1.807, 2.05) is 24.3 Å². The van der Waals surface area contributed by atoms with Gasteiger partial charge in [-0.2, -0.15) is 0 Å². The van der Waals surface area contributed by atoms with Gasteiger partial charge in [0.2, 0.25) is 5.89 Å². The van der Waals surface area contributed by atoms with Crippen molar-refractivity contribution in [1.82, 2.24) is 10.2 Å². The SMILES string of the molecule is O=c1oc2ccc(Cl)cc2cc1-c1nnc(-c2ccc(Br)cc2)o1. The second-order valence-corrected chi connectivity index (χ2v) is 6.40. The number of nitrogens with zero attached hydrogens (tertiary/aromatic N) is 2. The molecule has 0 aliphatic heterocycles. The normalized spacial score (nSPS) is 11.1. The molecule has 0 amide bonds. The molecule has 2 heterocycles. The Labute approximate surface area is 149 Å². The molecule has 0 aliphatic rings. The van der Waals surface area contributed by atoms with Crippen LogP contribution in [0.1, 0.15) is 0 Å². The van der Waals surface area contributed by atoms with Gasteiger partial charge < -0.3 is 8.83 Å². The average molecular weight is 404 g/mol. The van der Waals surface area contributed by atoms with Crippen LogP contribution in [0.3, 0.4) is 0 Å². The van der Waals surface area contributed by atoms with Crippen LogP contribution in [-0.2, 0) is 0 Å². The van der Waals surface area contributed by atoms with Crippen molar-refractivity contribution in [3.05, 3.63) is 68.4 Å². The van der Waals surface area contributed by atoms with Crippen molar-refractivity contribution in [1.29, 1.82) is 0 Å². The van der Waals surface area contributed by atoms with Crippen LogP contribution in [0.15, 0.2) is 66.6 Å². The number of aromatic nitrogens is 2. The van der Waals surface area contributed by atoms with Crippen LogP contribution in [-0.4, -0.2) is 10.2 Å². The Morgan fingerprint density at radius 1 is 0.917 bits per heavy atom. The van der Waals surface area contributed by atoms with Crippen LogP contribution in [0.5, 0.6) is 0 Å². The van der Waals surface area contributed by atoms with Gasteiger partial charge in [-0.3, -0.25) is 0 Å². The molecule has 2 aromatic carbocycles. The van der Waals surface area contributed by atoms with E-state index >= 15 is 0 Å². The number of fused-ring (bicyclic) bond motifs is 1. The van der Waals surface area contributed by atoms with Crippen LogP contribution in [0.4, 0.5) is 0 Å². The lowest BCUT2D eigenvalue weighted by Gasteiger charge is -1.99. The van der Waals surface area contributed by atoms with Gasteiger partial charge in [-0.15, -0.1) is 10.2 Å². The molecule has 0 unspecified atom stereocenters. The Balaban J connectivity index is 1.81. The highest BCUT2D eigenvalue weighted by atomic mass is 79.9. The molecular weight excluding hydrogens is 396 g/mol. The topological polar surface area (TPSA) is 69.1 Å². The average Bonchev–Trinajstić information content (AvgIpc) is 3.05. The molecule has 118 valence electrons. The molecule has 0 radical (unpaired) electrons. The summed E-state index contributed by atoms with van der Waals surface area (Å²) >= 11 is 9.35. The first-order chi connectivity index (χ1) is 11.6. The van der Waals surface area contributed by atoms with Gasteiger partial charge in [-0.05, 0) is 48.5 Å². The highest BCUT2D eigenvalue weighted by Crippen LogP contribution is 2.26. The van der Waals surface area contributed by atoms with E-state index in [0.29, 0.717) is 21.9 Å². The molecule has 5 nitrogen and oxygen atoms in total. The van der Waals surface area contributed by atoms with Crippen LogP contribution in [0.2, 0.25) is 5.02 Å². The number of hydrogen-bond donors (Lipinski definition) is 0. The molecule has 4 aromatic rings. The number of rotatable bonds is 2. The third kappa shape index (κ3) is 2.74. The minimum Gasteiger partial charge on any atom is -0.422 e. The second kappa shape index (κ2) is 5.89. The fraction of sp³-hybridized carbons (Fsp3) is 0. The molecule has 0 saturated heterocycles. The van der Waals surface area contributed by atoms with Crippen LogP contribution < -0.4 is 5.63 Å². The summed E-state index contributed by atoms with van der Waals surface area (Å²) in [7, 11) is 0. The molecule has 0 saturated carbocycles. The zero-order valence-corrected chi connectivity index (χ0v) is 14.3. The van der Waals surface area contributed by atoms with Gasteiger partial charge in [-0.25, -0.2) is 4.79 Å². The Bertz CT molecular complexity index is 1100. The monoisotopic (exact) mass is 402 g/mol. The molecule has 7 heteroatoms. The Morgan fingerprint density at radius 2 is 1.67 bits per heavy atom. The van der Waals surface area contributed by atoms with Gasteiger partial charge in [0.25, 0.3) is 5.89 Å². The van der Waals surface area contributed by atoms with E-state index in [4.69, 9.17) is 20.4 Å². The number of halogens is 2. The maximum absolute atomic E-state index is 12.2. The van der Waals surface area contributed by atoms with Gasteiger partial charge in [0.15, 0.2) is 0 Å². The lowest BCUT2D eigenvalue weighted by molar-refractivity contribution is 0.547. The van der Waals surface area contributed by atoms with Gasteiger partial charge in [-0.1, -0.05) is 27.5 Å². The van der Waals surface area contributed by atoms with Crippen LogP contribution in [0.25, 0.3) is 33.9 Å². The maximum atomic E-state index is 12.2. The summed E-state index contributed by atoms with van der Waals surface area (Å²) in [5, 5.41) is 9.17. The van der Waals surface area contributed by atoms with Crippen molar-refractivity contribution in [2.24, 2.45) is 0 Å². The summed E-state index contributed by atoms with van der Waals surface area (Å²) in [5.41, 5.74) is 0.849. The summed E-state index contributed by atoms with van der Waals surface area (Å²) in [5.74, 6) is 0.423. The summed E-state index contributed by atoms with van der Waals surface area (Å²) in [6.45, 7) is 0. The fourth-order valence-electron chi connectivity index (χ4n) is 2.28. The molecule has 0 fully saturated rings. The smallest absolute Gasteiger partial charge is 0.349 e. The van der Waals surface area contributed by atoms with Crippen molar-refractivity contribution in [2.75, 3.05) is 0 Å². The van der Waals surface area contributed by atoms with Crippen molar-refractivity contribution in [3.8, 4) is 22.9 Å². The van der Waals surface area contributed by atoms with Crippen LogP contribution in [0, 0.1) is 0 Å². The standard InChI is InChI=1S/C17H8BrClN2O3/c18-11-3-1-9(2-4-11)15-20-21-16(24-15)13-8-10-7-12(19)5-6-14(10)23-17(13)22/h1-8H. The fourth-order valence-corrected chi connectivity index (χ4v) is 2.73. The first-order valence-electron chi connectivity index (χ1n) is 6.93. The summed E-state index contributed by atoms with van der Waals surface area (Å²) in [6, 6.07) is 14.0. The minimum absolute atomic E-state index is 0.101. The van der Waals surface area contributed by atoms with Crippen molar-refractivity contribution in [3.63, 3.8) is 0 Å². The Morgan fingerprint density at radius 3 is 2.46 bits per heavy atom. The summed E-state index contributed by atoms with van der Waals surface area (Å²) in [4.78, 5) is 12.2. The number of benzene rings is 2. The molecule has 2 aromatic heterocycles. The van der Waals surface area contributed by atoms with E-state index in [1.165, 1.54) is 0 Å². The molecule has 24 heavy (non-hydrogen) atoms. The quantitative estimate of drug-likeness (QED) is 0.444. The van der Waals surface area contributed by atoms with E-state index in [2.05, 4.69) is 26.1 Å². The van der Waals surface area contributed by atoms with E-state index < -0.39 is 5.63 Å². The zero-order valence-electron chi connectivity index (χ0n) is 12.0. The molecular formula is C17H8BrClN2O3. The first-order valence-corrected chi connectivity index (χ1v) is 8.10. The molecule has 0 bridgehead atoms. The van der Waals surface area contributed by atoms with Gasteiger partial charge in [0, 0.05) is 20.4 Å². The van der Waals surface area contributed by atoms with Gasteiger partial charge in [0.05, 0.1) is 0 Å². The summed E-state index contributed by atoms with van der Waals surface area (Å²) in [6.07, 6.45) is 0. The van der Waals surface area contributed by atoms with Crippen molar-refractivity contribution >= 4 is 38.5 Å². The van der Waals surface area contributed by atoms with Crippen LogP contribution >= 0.6 is 27.5 Å². The lowest BCUT2D eigenvalue weighted by Crippen LogP contribution is -2.02. The molecule has 0 spiro atoms. The first kappa shape index (κ1) is 15.1. The molecule has 0 atom stereocenters. The highest BCUT2D eigenvalue weighted by Gasteiger charge is 2.16. The van der Waals surface area contributed by atoms with E-state index in [9.17, 15) is 4.79 Å².